The number of nitrogens with one attached hydrogen (secondary N) is 3. The number of amides is 1. The molecular weight excluding hydrogens is 423 g/mol. The molecule has 0 bridgehead atoms. The number of alkyl halides is 3. The summed E-state index contributed by atoms with van der Waals surface area (Å²) in [6, 6.07) is 11.7. The first-order valence-electron chi connectivity index (χ1n) is 9.03. The van der Waals surface area contributed by atoms with Gasteiger partial charge in [-0.15, -0.1) is 0 Å². The third-order valence-electron chi connectivity index (χ3n) is 3.77. The molecule has 3 N–H and O–H groups in total. The predicted molar refractivity (Wildman–Crippen MR) is 107 cm³/mol. The Morgan fingerprint density at radius 2 is 1.67 bits per heavy atom. The van der Waals surface area contributed by atoms with E-state index < -0.39 is 28.7 Å². The summed E-state index contributed by atoms with van der Waals surface area (Å²) in [5.74, 6) is -0.0146. The number of benzene rings is 2. The van der Waals surface area contributed by atoms with E-state index in [9.17, 15) is 26.4 Å². The Morgan fingerprint density at radius 1 is 1.03 bits per heavy atom. The maximum atomic E-state index is 12.4. The number of hydrogen-bond donors (Lipinski definition) is 3. The van der Waals surface area contributed by atoms with E-state index >= 15 is 0 Å². The molecule has 2 aromatic carbocycles. The molecule has 164 valence electrons. The molecule has 0 aliphatic carbocycles. The van der Waals surface area contributed by atoms with E-state index in [2.05, 4.69) is 15.4 Å². The van der Waals surface area contributed by atoms with E-state index in [0.717, 1.165) is 0 Å². The van der Waals surface area contributed by atoms with Gasteiger partial charge in [0.25, 0.3) is 0 Å². The fraction of sp³-hybridized carbons (Fsp3) is 0.316. The Hall–Kier alpha value is -2.79. The van der Waals surface area contributed by atoms with Gasteiger partial charge in [0.2, 0.25) is 15.9 Å². The number of para-hydroxylation sites is 2. The molecule has 1 amide bonds. The largest absolute Gasteiger partial charge is 0.494 e. The van der Waals surface area contributed by atoms with E-state index in [1.165, 1.54) is 42.5 Å². The molecule has 2 rings (SSSR count). The van der Waals surface area contributed by atoms with Crippen molar-refractivity contribution < 1.29 is 31.1 Å². The molecule has 30 heavy (non-hydrogen) atoms. The van der Waals surface area contributed by atoms with Gasteiger partial charge in [0, 0.05) is 13.0 Å². The number of hydrogen-bond acceptors (Lipinski definition) is 5. The van der Waals surface area contributed by atoms with Crippen molar-refractivity contribution in [2.75, 3.05) is 30.3 Å². The molecule has 0 fully saturated rings. The summed E-state index contributed by atoms with van der Waals surface area (Å²) in [5, 5.41) is 4.69. The topological polar surface area (TPSA) is 96.5 Å². The average molecular weight is 445 g/mol. The average Bonchev–Trinajstić information content (AvgIpc) is 2.67. The molecule has 0 spiro atoms. The highest BCUT2D eigenvalue weighted by molar-refractivity contribution is 7.89. The lowest BCUT2D eigenvalue weighted by Crippen LogP contribution is -2.28. The summed E-state index contributed by atoms with van der Waals surface area (Å²) in [6.45, 7) is 0.831. The zero-order chi connectivity index (χ0) is 22.2. The van der Waals surface area contributed by atoms with Gasteiger partial charge in [-0.1, -0.05) is 12.1 Å². The van der Waals surface area contributed by atoms with Crippen LogP contribution in [-0.2, 0) is 14.8 Å². The quantitative estimate of drug-likeness (QED) is 0.521. The van der Waals surface area contributed by atoms with Crippen LogP contribution in [0.2, 0.25) is 0 Å². The predicted octanol–water partition coefficient (Wildman–Crippen LogP) is 3.37. The van der Waals surface area contributed by atoms with Gasteiger partial charge < -0.3 is 15.4 Å². The van der Waals surface area contributed by atoms with Crippen LogP contribution < -0.4 is 20.1 Å². The minimum atomic E-state index is -4.41. The van der Waals surface area contributed by atoms with Crippen LogP contribution in [-0.4, -0.2) is 40.2 Å². The summed E-state index contributed by atoms with van der Waals surface area (Å²) in [7, 11) is -3.82. The molecule has 0 unspecified atom stereocenters. The van der Waals surface area contributed by atoms with Crippen molar-refractivity contribution in [2.24, 2.45) is 0 Å². The molecule has 0 aliphatic heterocycles. The summed E-state index contributed by atoms with van der Waals surface area (Å²) in [5.41, 5.74) is 0.277. The standard InChI is InChI=1S/C19H22F3N3O4S/c1-2-29-14-7-9-15(10-8-14)30(27,28)24-12-11-18(26)25-17-6-4-3-5-16(17)23-13-19(20,21)22/h3-10,23-24H,2,11-13H2,1H3,(H,25,26). The van der Waals surface area contributed by atoms with Crippen LogP contribution >= 0.6 is 0 Å². The Labute approximate surface area is 172 Å². The van der Waals surface area contributed by atoms with Crippen molar-refractivity contribution in [2.45, 2.75) is 24.4 Å². The maximum Gasteiger partial charge on any atom is 0.405 e. The van der Waals surface area contributed by atoms with Crippen LogP contribution in [0.4, 0.5) is 24.5 Å². The lowest BCUT2D eigenvalue weighted by atomic mass is 10.2. The highest BCUT2D eigenvalue weighted by Crippen LogP contribution is 2.23. The van der Waals surface area contributed by atoms with Gasteiger partial charge in [0.05, 0.1) is 22.9 Å². The molecule has 0 saturated carbocycles. The van der Waals surface area contributed by atoms with Crippen LogP contribution in [0.1, 0.15) is 13.3 Å². The second kappa shape index (κ2) is 10.3. The second-order valence-corrected chi connectivity index (χ2v) is 7.88. The van der Waals surface area contributed by atoms with E-state index in [0.29, 0.717) is 12.4 Å². The number of sulfonamides is 1. The molecule has 2 aromatic rings. The van der Waals surface area contributed by atoms with E-state index in [-0.39, 0.29) is 29.2 Å². The van der Waals surface area contributed by atoms with Crippen molar-refractivity contribution in [3.8, 4) is 5.75 Å². The molecule has 0 radical (unpaired) electrons. The Bertz CT molecular complexity index is 948. The van der Waals surface area contributed by atoms with Crippen molar-refractivity contribution in [3.05, 3.63) is 48.5 Å². The summed E-state index contributed by atoms with van der Waals surface area (Å²) in [6.07, 6.45) is -4.61. The molecule has 0 aliphatic rings. The second-order valence-electron chi connectivity index (χ2n) is 6.11. The van der Waals surface area contributed by atoms with Crippen LogP contribution in [0, 0.1) is 0 Å². The monoisotopic (exact) mass is 445 g/mol. The highest BCUT2D eigenvalue weighted by atomic mass is 32.2. The molecule has 0 atom stereocenters. The summed E-state index contributed by atoms with van der Waals surface area (Å²) >= 11 is 0. The Balaban J connectivity index is 1.89. The van der Waals surface area contributed by atoms with Crippen LogP contribution in [0.25, 0.3) is 0 Å². The normalized spacial score (nSPS) is 11.7. The molecule has 0 heterocycles. The molecule has 11 heteroatoms. The van der Waals surface area contributed by atoms with Gasteiger partial charge in [-0.3, -0.25) is 4.79 Å². The van der Waals surface area contributed by atoms with Crippen molar-refractivity contribution in [3.63, 3.8) is 0 Å². The third kappa shape index (κ3) is 7.56. The van der Waals surface area contributed by atoms with Gasteiger partial charge in [-0.05, 0) is 43.3 Å². The van der Waals surface area contributed by atoms with Gasteiger partial charge in [0.1, 0.15) is 12.3 Å². The van der Waals surface area contributed by atoms with Gasteiger partial charge in [-0.25, -0.2) is 13.1 Å². The lowest BCUT2D eigenvalue weighted by molar-refractivity contribution is -0.116. The first-order chi connectivity index (χ1) is 14.1. The number of anilines is 2. The van der Waals surface area contributed by atoms with Crippen molar-refractivity contribution in [1.82, 2.24) is 4.72 Å². The Kier molecular flexibility index (Phi) is 8.07. The van der Waals surface area contributed by atoms with E-state index in [1.54, 1.807) is 6.07 Å². The lowest BCUT2D eigenvalue weighted by Gasteiger charge is -2.14. The van der Waals surface area contributed by atoms with E-state index in [1.807, 2.05) is 6.92 Å². The van der Waals surface area contributed by atoms with Crippen LogP contribution in [0.5, 0.6) is 5.75 Å². The SMILES string of the molecule is CCOc1ccc(S(=O)(=O)NCCC(=O)Nc2ccccc2NCC(F)(F)F)cc1. The number of rotatable bonds is 10. The number of carbonyl (C=O) groups excluding carboxylic acids is 1. The number of ether oxygens (including phenoxy) is 1. The number of carbonyl (C=O) groups is 1. The summed E-state index contributed by atoms with van der Waals surface area (Å²) < 4.78 is 69.3. The zero-order valence-corrected chi connectivity index (χ0v) is 16.9. The van der Waals surface area contributed by atoms with Crippen molar-refractivity contribution >= 4 is 27.3 Å². The van der Waals surface area contributed by atoms with Crippen LogP contribution in [0.3, 0.4) is 0 Å². The van der Waals surface area contributed by atoms with Crippen LogP contribution in [0.15, 0.2) is 53.4 Å². The molecule has 0 aromatic heterocycles. The fourth-order valence-corrected chi connectivity index (χ4v) is 3.45. The first kappa shape index (κ1) is 23.5. The molecule has 0 saturated heterocycles. The van der Waals surface area contributed by atoms with Gasteiger partial charge >= 0.3 is 6.18 Å². The van der Waals surface area contributed by atoms with Gasteiger partial charge in [0.15, 0.2) is 0 Å². The number of halogens is 3. The maximum absolute atomic E-state index is 12.4. The molecule has 7 nitrogen and oxygen atoms in total. The summed E-state index contributed by atoms with van der Waals surface area (Å²) in [4.78, 5) is 12.1. The molecular formula is C19H22F3N3O4S. The first-order valence-corrected chi connectivity index (χ1v) is 10.5. The zero-order valence-electron chi connectivity index (χ0n) is 16.1. The third-order valence-corrected chi connectivity index (χ3v) is 5.25. The van der Waals surface area contributed by atoms with Crippen molar-refractivity contribution in [1.29, 1.82) is 0 Å². The smallest absolute Gasteiger partial charge is 0.405 e. The van der Waals surface area contributed by atoms with Gasteiger partial charge in [-0.2, -0.15) is 13.2 Å². The Morgan fingerprint density at radius 3 is 2.27 bits per heavy atom. The minimum absolute atomic E-state index is 0.0213. The minimum Gasteiger partial charge on any atom is -0.494 e. The van der Waals surface area contributed by atoms with E-state index in [4.69, 9.17) is 4.74 Å². The highest BCUT2D eigenvalue weighted by Gasteiger charge is 2.27. The fourth-order valence-electron chi connectivity index (χ4n) is 2.42.